The van der Waals surface area contributed by atoms with Gasteiger partial charge in [-0.05, 0) is 74.6 Å². The fourth-order valence-electron chi connectivity index (χ4n) is 3.53. The number of amides is 1. The summed E-state index contributed by atoms with van der Waals surface area (Å²) >= 11 is 0. The molecule has 1 heterocycles. The summed E-state index contributed by atoms with van der Waals surface area (Å²) in [4.78, 5) is 18.9. The van der Waals surface area contributed by atoms with E-state index in [0.29, 0.717) is 6.42 Å². The van der Waals surface area contributed by atoms with Crippen LogP contribution in [0, 0.1) is 6.92 Å². The molecule has 0 saturated carbocycles. The second-order valence-corrected chi connectivity index (χ2v) is 8.55. The number of benzene rings is 3. The second kappa shape index (κ2) is 12.6. The fraction of sp³-hybridized carbons (Fsp3) is 0.241. The minimum Gasteiger partial charge on any atom is -0.326 e. The molecule has 34 heavy (non-hydrogen) atoms. The molecule has 0 atom stereocenters. The van der Waals surface area contributed by atoms with E-state index < -0.39 is 0 Å². The molecule has 1 amide bonds. The smallest absolute Gasteiger partial charge is 0.228 e. The number of anilines is 1. The summed E-state index contributed by atoms with van der Waals surface area (Å²) in [5.74, 6) is -0.0247. The maximum Gasteiger partial charge on any atom is 0.228 e. The lowest BCUT2D eigenvalue weighted by atomic mass is 10.0. The molecule has 0 saturated heterocycles. The van der Waals surface area contributed by atoms with Gasteiger partial charge in [-0.3, -0.25) is 9.78 Å². The highest BCUT2D eigenvalue weighted by molar-refractivity contribution is 5.95. The Kier molecular flexibility index (Phi) is 9.32. The minimum absolute atomic E-state index is 0.0247. The molecule has 3 aromatic carbocycles. The lowest BCUT2D eigenvalue weighted by molar-refractivity contribution is -0.115. The first kappa shape index (κ1) is 25.1. The molecule has 4 aromatic rings. The highest BCUT2D eigenvalue weighted by atomic mass is 16.1. The van der Waals surface area contributed by atoms with Crippen molar-refractivity contribution in [2.45, 2.75) is 13.3 Å². The van der Waals surface area contributed by atoms with Gasteiger partial charge in [-0.1, -0.05) is 54.6 Å². The van der Waals surface area contributed by atoms with Gasteiger partial charge in [0.25, 0.3) is 0 Å². The highest BCUT2D eigenvalue weighted by Gasteiger charge is 2.07. The number of likely N-dealkylation sites (N-methyl/N-ethyl adjacent to an activating group) is 2. The number of carbonyl (C=O) groups is 1. The monoisotopic (exact) mass is 454 g/mol. The third kappa shape index (κ3) is 7.51. The van der Waals surface area contributed by atoms with Gasteiger partial charge in [-0.2, -0.15) is 0 Å². The van der Waals surface area contributed by atoms with Gasteiger partial charge in [0.05, 0.1) is 11.9 Å². The van der Waals surface area contributed by atoms with Crippen molar-refractivity contribution in [3.63, 3.8) is 0 Å². The zero-order valence-corrected chi connectivity index (χ0v) is 20.5. The van der Waals surface area contributed by atoms with E-state index >= 15 is 0 Å². The summed E-state index contributed by atoms with van der Waals surface area (Å²) < 4.78 is 0. The molecule has 0 spiro atoms. The Morgan fingerprint density at radius 3 is 2.26 bits per heavy atom. The quantitative estimate of drug-likeness (QED) is 0.405. The fourth-order valence-corrected chi connectivity index (χ4v) is 3.53. The summed E-state index contributed by atoms with van der Waals surface area (Å²) in [6, 6.07) is 26.1. The molecule has 5 heteroatoms. The van der Waals surface area contributed by atoms with E-state index in [4.69, 9.17) is 0 Å². The molecule has 5 nitrogen and oxygen atoms in total. The average molecular weight is 455 g/mol. The Bertz CT molecular complexity index is 1190. The van der Waals surface area contributed by atoms with Gasteiger partial charge in [-0.25, -0.2) is 0 Å². The van der Waals surface area contributed by atoms with Gasteiger partial charge in [0.15, 0.2) is 0 Å². The van der Waals surface area contributed by atoms with Crippen LogP contribution in [0.5, 0.6) is 0 Å². The molecule has 0 unspecified atom stereocenters. The van der Waals surface area contributed by atoms with Crippen molar-refractivity contribution in [3.05, 3.63) is 96.2 Å². The first-order valence-corrected chi connectivity index (χ1v) is 11.5. The first-order valence-electron chi connectivity index (χ1n) is 11.5. The number of fused-ring (bicyclic) bond motifs is 1. The van der Waals surface area contributed by atoms with Crippen LogP contribution in [0.1, 0.15) is 11.1 Å². The lowest BCUT2D eigenvalue weighted by Crippen LogP contribution is -2.23. The second-order valence-electron chi connectivity index (χ2n) is 8.55. The van der Waals surface area contributed by atoms with Gasteiger partial charge in [0, 0.05) is 30.4 Å². The molecule has 1 aromatic heterocycles. The zero-order chi connectivity index (χ0) is 24.3. The number of aryl methyl sites for hydroxylation is 1. The van der Waals surface area contributed by atoms with Crippen molar-refractivity contribution in [2.24, 2.45) is 0 Å². The standard InChI is InChI=1S/C24H20N2O.C5H14N2/c1-17-13-14-25-23-12-11-21(16-22(17)23)26-24(27)15-18-7-9-20(10-8-18)19-5-3-2-4-6-19;1-6-4-5-7(2)3/h2-14,16H,15H2,1H3,(H,26,27);6H,4-5H2,1-3H3. The van der Waals surface area contributed by atoms with Gasteiger partial charge in [0.2, 0.25) is 5.91 Å². The van der Waals surface area contributed by atoms with Gasteiger partial charge in [-0.15, -0.1) is 0 Å². The number of hydrogen-bond acceptors (Lipinski definition) is 4. The summed E-state index contributed by atoms with van der Waals surface area (Å²) in [6.45, 7) is 4.24. The molecule has 0 radical (unpaired) electrons. The zero-order valence-electron chi connectivity index (χ0n) is 20.5. The third-order valence-electron chi connectivity index (χ3n) is 5.48. The average Bonchev–Trinajstić information content (AvgIpc) is 2.84. The predicted molar refractivity (Wildman–Crippen MR) is 143 cm³/mol. The van der Waals surface area contributed by atoms with Crippen LogP contribution in [0.15, 0.2) is 85.1 Å². The molecule has 2 N–H and O–H groups in total. The van der Waals surface area contributed by atoms with Gasteiger partial charge in [0.1, 0.15) is 0 Å². The number of rotatable bonds is 7. The van der Waals surface area contributed by atoms with Crippen molar-refractivity contribution < 1.29 is 4.79 Å². The SMILES string of the molecule is CNCCN(C)C.Cc1ccnc2ccc(NC(=O)Cc3ccc(-c4ccccc4)cc3)cc12. The summed E-state index contributed by atoms with van der Waals surface area (Å²) in [6.07, 6.45) is 2.15. The lowest BCUT2D eigenvalue weighted by Gasteiger charge is -2.08. The van der Waals surface area contributed by atoms with Crippen LogP contribution in [0.25, 0.3) is 22.0 Å². The van der Waals surface area contributed by atoms with E-state index in [1.165, 1.54) is 5.56 Å². The van der Waals surface area contributed by atoms with E-state index in [9.17, 15) is 4.79 Å². The molecule has 176 valence electrons. The van der Waals surface area contributed by atoms with Crippen molar-refractivity contribution in [3.8, 4) is 11.1 Å². The third-order valence-corrected chi connectivity index (χ3v) is 5.48. The normalized spacial score (nSPS) is 10.6. The van der Waals surface area contributed by atoms with E-state index in [1.807, 2.05) is 68.6 Å². The Morgan fingerprint density at radius 2 is 1.62 bits per heavy atom. The molecular formula is C29H34N4O. The van der Waals surface area contributed by atoms with Crippen molar-refractivity contribution in [2.75, 3.05) is 39.5 Å². The van der Waals surface area contributed by atoms with E-state index in [0.717, 1.165) is 46.4 Å². The Morgan fingerprint density at radius 1 is 0.912 bits per heavy atom. The number of nitrogens with one attached hydrogen (secondary N) is 2. The van der Waals surface area contributed by atoms with Crippen LogP contribution in [0.4, 0.5) is 5.69 Å². The van der Waals surface area contributed by atoms with Crippen LogP contribution in [-0.4, -0.2) is 50.0 Å². The van der Waals surface area contributed by atoms with Gasteiger partial charge < -0.3 is 15.5 Å². The molecule has 0 bridgehead atoms. The Balaban J connectivity index is 0.000000406. The van der Waals surface area contributed by atoms with Crippen LogP contribution >= 0.6 is 0 Å². The number of aromatic nitrogens is 1. The molecule has 0 aliphatic rings. The predicted octanol–water partition coefficient (Wildman–Crippen LogP) is 5.16. The number of pyridine rings is 1. The maximum atomic E-state index is 12.4. The van der Waals surface area contributed by atoms with Crippen molar-refractivity contribution in [1.82, 2.24) is 15.2 Å². The number of hydrogen-bond donors (Lipinski definition) is 2. The first-order chi connectivity index (χ1) is 16.5. The number of nitrogens with zero attached hydrogens (tertiary/aromatic N) is 2. The van der Waals surface area contributed by atoms with Gasteiger partial charge >= 0.3 is 0 Å². The van der Waals surface area contributed by atoms with Crippen molar-refractivity contribution >= 4 is 22.5 Å². The summed E-state index contributed by atoms with van der Waals surface area (Å²) in [5.41, 5.74) is 6.19. The van der Waals surface area contributed by atoms with Crippen LogP contribution in [0.3, 0.4) is 0 Å². The Hall–Kier alpha value is -3.54. The van der Waals surface area contributed by atoms with Crippen LogP contribution < -0.4 is 10.6 Å². The highest BCUT2D eigenvalue weighted by Crippen LogP contribution is 2.22. The van der Waals surface area contributed by atoms with Crippen LogP contribution in [0.2, 0.25) is 0 Å². The Labute approximate surface area is 202 Å². The van der Waals surface area contributed by atoms with E-state index in [1.54, 1.807) is 6.20 Å². The molecule has 0 aliphatic heterocycles. The number of carbonyl (C=O) groups excluding carboxylic acids is 1. The minimum atomic E-state index is -0.0247. The summed E-state index contributed by atoms with van der Waals surface area (Å²) in [5, 5.41) is 7.10. The molecule has 0 aliphatic carbocycles. The molecular weight excluding hydrogens is 420 g/mol. The van der Waals surface area contributed by atoms with E-state index in [2.05, 4.69) is 58.9 Å². The summed E-state index contributed by atoms with van der Waals surface area (Å²) in [7, 11) is 6.10. The molecule has 0 fully saturated rings. The van der Waals surface area contributed by atoms with E-state index in [-0.39, 0.29) is 5.91 Å². The maximum absolute atomic E-state index is 12.4. The topological polar surface area (TPSA) is 57.3 Å². The largest absolute Gasteiger partial charge is 0.326 e. The van der Waals surface area contributed by atoms with Crippen LogP contribution in [-0.2, 0) is 11.2 Å². The van der Waals surface area contributed by atoms with Crippen molar-refractivity contribution in [1.29, 1.82) is 0 Å². The molecule has 4 rings (SSSR count).